The topological polar surface area (TPSA) is 103 Å². The average molecular weight is 308 g/mol. The molecule has 0 unspecified atom stereocenters. The standard InChI is InChI=1S/C15H24N4O3/c1-18-15(20)9-19-5-3-10(4-6-19)22-14-8-12(17)11(16)7-13(14)21-2/h7-8,10H,3-6,9,16-17H2,1-2H3,(H,18,20). The number of hydrogen-bond donors (Lipinski definition) is 3. The van der Waals surface area contributed by atoms with E-state index in [1.54, 1.807) is 26.3 Å². The van der Waals surface area contributed by atoms with Crippen molar-refractivity contribution >= 4 is 17.3 Å². The van der Waals surface area contributed by atoms with Crippen molar-refractivity contribution in [2.45, 2.75) is 18.9 Å². The second-order valence-electron chi connectivity index (χ2n) is 5.40. The van der Waals surface area contributed by atoms with Gasteiger partial charge in [0.2, 0.25) is 5.91 Å². The van der Waals surface area contributed by atoms with Crippen molar-refractivity contribution in [2.24, 2.45) is 0 Å². The minimum absolute atomic E-state index is 0.0346. The molecule has 7 heteroatoms. The lowest BCUT2D eigenvalue weighted by atomic mass is 10.1. The van der Waals surface area contributed by atoms with E-state index in [4.69, 9.17) is 20.9 Å². The van der Waals surface area contributed by atoms with Crippen molar-refractivity contribution in [2.75, 3.05) is 45.3 Å². The van der Waals surface area contributed by atoms with Gasteiger partial charge in [-0.25, -0.2) is 0 Å². The fourth-order valence-electron chi connectivity index (χ4n) is 2.49. The molecule has 0 aliphatic carbocycles. The van der Waals surface area contributed by atoms with Crippen LogP contribution in [0.15, 0.2) is 12.1 Å². The molecule has 122 valence electrons. The van der Waals surface area contributed by atoms with Gasteiger partial charge in [-0.3, -0.25) is 9.69 Å². The Morgan fingerprint density at radius 1 is 1.27 bits per heavy atom. The van der Waals surface area contributed by atoms with Crippen LogP contribution in [0.4, 0.5) is 11.4 Å². The van der Waals surface area contributed by atoms with E-state index in [1.165, 1.54) is 0 Å². The smallest absolute Gasteiger partial charge is 0.233 e. The van der Waals surface area contributed by atoms with Crippen LogP contribution in [-0.4, -0.2) is 50.7 Å². The van der Waals surface area contributed by atoms with E-state index in [9.17, 15) is 4.79 Å². The minimum Gasteiger partial charge on any atom is -0.493 e. The molecule has 0 spiro atoms. The number of carbonyl (C=O) groups is 1. The number of hydrogen-bond acceptors (Lipinski definition) is 6. The van der Waals surface area contributed by atoms with Crippen LogP contribution in [-0.2, 0) is 4.79 Å². The SMILES string of the molecule is CNC(=O)CN1CCC(Oc2cc(N)c(N)cc2OC)CC1. The van der Waals surface area contributed by atoms with Gasteiger partial charge in [0.15, 0.2) is 11.5 Å². The number of amides is 1. The summed E-state index contributed by atoms with van der Waals surface area (Å²) in [7, 11) is 3.22. The molecule has 1 aliphatic heterocycles. The fraction of sp³-hybridized carbons (Fsp3) is 0.533. The third-order valence-corrected chi connectivity index (χ3v) is 3.84. The molecular weight excluding hydrogens is 284 g/mol. The Bertz CT molecular complexity index is 528. The molecule has 1 fully saturated rings. The zero-order valence-electron chi connectivity index (χ0n) is 13.1. The van der Waals surface area contributed by atoms with Crippen molar-refractivity contribution in [3.8, 4) is 11.5 Å². The lowest BCUT2D eigenvalue weighted by Gasteiger charge is -2.31. The van der Waals surface area contributed by atoms with Crippen LogP contribution in [0.25, 0.3) is 0 Å². The number of carbonyl (C=O) groups excluding carboxylic acids is 1. The van der Waals surface area contributed by atoms with Crippen molar-refractivity contribution in [3.63, 3.8) is 0 Å². The first-order valence-corrected chi connectivity index (χ1v) is 7.36. The Morgan fingerprint density at radius 3 is 2.41 bits per heavy atom. The summed E-state index contributed by atoms with van der Waals surface area (Å²) >= 11 is 0. The van der Waals surface area contributed by atoms with Gasteiger partial charge < -0.3 is 26.3 Å². The normalized spacial score (nSPS) is 16.3. The molecule has 1 amide bonds. The Kier molecular flexibility index (Phi) is 5.32. The molecule has 1 heterocycles. The molecule has 7 nitrogen and oxygen atoms in total. The number of ether oxygens (including phenoxy) is 2. The molecule has 0 atom stereocenters. The highest BCUT2D eigenvalue weighted by Crippen LogP contribution is 2.35. The molecule has 0 bridgehead atoms. The number of nitrogens with one attached hydrogen (secondary N) is 1. The van der Waals surface area contributed by atoms with Crippen LogP contribution in [0.1, 0.15) is 12.8 Å². The van der Waals surface area contributed by atoms with E-state index in [1.807, 2.05) is 0 Å². The molecule has 0 saturated carbocycles. The quantitative estimate of drug-likeness (QED) is 0.682. The average Bonchev–Trinajstić information content (AvgIpc) is 2.52. The molecule has 0 aromatic heterocycles. The summed E-state index contributed by atoms with van der Waals surface area (Å²) in [5.74, 6) is 1.23. The summed E-state index contributed by atoms with van der Waals surface area (Å²) in [4.78, 5) is 13.5. The fourth-order valence-corrected chi connectivity index (χ4v) is 2.49. The third-order valence-electron chi connectivity index (χ3n) is 3.84. The monoisotopic (exact) mass is 308 g/mol. The number of rotatable bonds is 5. The first kappa shape index (κ1) is 16.2. The number of methoxy groups -OCH3 is 1. The second-order valence-corrected chi connectivity index (χ2v) is 5.40. The maximum atomic E-state index is 11.4. The van der Waals surface area contributed by atoms with E-state index in [0.29, 0.717) is 29.4 Å². The number of benzene rings is 1. The van der Waals surface area contributed by atoms with E-state index in [0.717, 1.165) is 25.9 Å². The number of piperidine rings is 1. The maximum absolute atomic E-state index is 11.4. The highest BCUT2D eigenvalue weighted by atomic mass is 16.5. The molecule has 1 saturated heterocycles. The molecule has 1 aliphatic rings. The second kappa shape index (κ2) is 7.22. The Labute approximate surface area is 130 Å². The minimum atomic E-state index is 0.0346. The summed E-state index contributed by atoms with van der Waals surface area (Å²) in [6, 6.07) is 3.37. The zero-order chi connectivity index (χ0) is 16.1. The number of anilines is 2. The van der Waals surface area contributed by atoms with Crippen LogP contribution in [0, 0.1) is 0 Å². The molecule has 5 N–H and O–H groups in total. The summed E-state index contributed by atoms with van der Waals surface area (Å²) in [5.41, 5.74) is 12.6. The van der Waals surface area contributed by atoms with Gasteiger partial charge in [-0.2, -0.15) is 0 Å². The van der Waals surface area contributed by atoms with Gasteiger partial charge in [-0.15, -0.1) is 0 Å². The predicted octanol–water partition coefficient (Wildman–Crippen LogP) is 0.449. The van der Waals surface area contributed by atoms with E-state index >= 15 is 0 Å². The van der Waals surface area contributed by atoms with Crippen LogP contribution < -0.4 is 26.3 Å². The molecule has 1 aromatic rings. The Hall–Kier alpha value is -2.15. The van der Waals surface area contributed by atoms with Gasteiger partial charge in [0.1, 0.15) is 6.10 Å². The number of nitrogens with two attached hydrogens (primary N) is 2. The van der Waals surface area contributed by atoms with E-state index in [-0.39, 0.29) is 12.0 Å². The van der Waals surface area contributed by atoms with Gasteiger partial charge in [0.25, 0.3) is 0 Å². The molecule has 0 radical (unpaired) electrons. The Morgan fingerprint density at radius 2 is 1.86 bits per heavy atom. The summed E-state index contributed by atoms with van der Waals surface area (Å²) in [6.45, 7) is 2.08. The van der Waals surface area contributed by atoms with Crippen molar-refractivity contribution in [1.29, 1.82) is 0 Å². The van der Waals surface area contributed by atoms with Gasteiger partial charge in [0.05, 0.1) is 25.0 Å². The van der Waals surface area contributed by atoms with Crippen molar-refractivity contribution in [3.05, 3.63) is 12.1 Å². The van der Waals surface area contributed by atoms with E-state index in [2.05, 4.69) is 10.2 Å². The van der Waals surface area contributed by atoms with Crippen molar-refractivity contribution < 1.29 is 14.3 Å². The van der Waals surface area contributed by atoms with E-state index < -0.39 is 0 Å². The van der Waals surface area contributed by atoms with Crippen LogP contribution in [0.3, 0.4) is 0 Å². The third kappa shape index (κ3) is 3.94. The van der Waals surface area contributed by atoms with Gasteiger partial charge in [0, 0.05) is 32.3 Å². The van der Waals surface area contributed by atoms with Crippen molar-refractivity contribution in [1.82, 2.24) is 10.2 Å². The maximum Gasteiger partial charge on any atom is 0.233 e. The molecule has 1 aromatic carbocycles. The number of nitrogens with zero attached hydrogens (tertiary/aromatic N) is 1. The van der Waals surface area contributed by atoms with Crippen LogP contribution in [0.5, 0.6) is 11.5 Å². The summed E-state index contributed by atoms with van der Waals surface area (Å²) < 4.78 is 11.3. The molecule has 2 rings (SSSR count). The van der Waals surface area contributed by atoms with Crippen LogP contribution in [0.2, 0.25) is 0 Å². The highest BCUT2D eigenvalue weighted by molar-refractivity contribution is 5.77. The molecule has 22 heavy (non-hydrogen) atoms. The summed E-state index contributed by atoms with van der Waals surface area (Å²) in [6.07, 6.45) is 1.78. The number of likely N-dealkylation sites (N-methyl/N-ethyl adjacent to an activating group) is 1. The zero-order valence-corrected chi connectivity index (χ0v) is 13.1. The first-order valence-electron chi connectivity index (χ1n) is 7.36. The Balaban J connectivity index is 1.93. The predicted molar refractivity (Wildman–Crippen MR) is 86.0 cm³/mol. The molecular formula is C15H24N4O3. The summed E-state index contributed by atoms with van der Waals surface area (Å²) in [5, 5.41) is 2.64. The lowest BCUT2D eigenvalue weighted by molar-refractivity contribution is -0.122. The van der Waals surface area contributed by atoms with Gasteiger partial charge in [-0.1, -0.05) is 0 Å². The van der Waals surface area contributed by atoms with Gasteiger partial charge in [-0.05, 0) is 12.8 Å². The van der Waals surface area contributed by atoms with Crippen LogP contribution >= 0.6 is 0 Å². The first-order chi connectivity index (χ1) is 10.5. The largest absolute Gasteiger partial charge is 0.493 e. The number of likely N-dealkylation sites (tertiary alicyclic amines) is 1. The van der Waals surface area contributed by atoms with Gasteiger partial charge >= 0.3 is 0 Å². The number of nitrogen functional groups attached to an aromatic ring is 2. The lowest BCUT2D eigenvalue weighted by Crippen LogP contribution is -2.43. The highest BCUT2D eigenvalue weighted by Gasteiger charge is 2.23.